The van der Waals surface area contributed by atoms with Gasteiger partial charge >= 0.3 is 0 Å². The molecule has 1 aliphatic heterocycles. The Bertz CT molecular complexity index is 1260. The van der Waals surface area contributed by atoms with Crippen molar-refractivity contribution in [2.24, 2.45) is 5.92 Å². The fourth-order valence-corrected chi connectivity index (χ4v) is 5.18. The Morgan fingerprint density at radius 3 is 2.57 bits per heavy atom. The lowest BCUT2D eigenvalue weighted by Gasteiger charge is -2.35. The van der Waals surface area contributed by atoms with E-state index in [9.17, 15) is 4.79 Å². The average molecular weight is 480 g/mol. The fourth-order valence-electron chi connectivity index (χ4n) is 5.18. The van der Waals surface area contributed by atoms with Crippen molar-refractivity contribution >= 4 is 17.0 Å². The number of pyridine rings is 1. The van der Waals surface area contributed by atoms with Crippen LogP contribution in [0.15, 0.2) is 41.3 Å². The van der Waals surface area contributed by atoms with Crippen molar-refractivity contribution < 1.29 is 9.13 Å². The van der Waals surface area contributed by atoms with Gasteiger partial charge < -0.3 is 10.1 Å². The van der Waals surface area contributed by atoms with Crippen LogP contribution < -0.4 is 10.9 Å². The van der Waals surface area contributed by atoms with Crippen molar-refractivity contribution in [3.63, 3.8) is 0 Å². The highest BCUT2D eigenvalue weighted by Crippen LogP contribution is 2.39. The minimum atomic E-state index is -0.213. The van der Waals surface area contributed by atoms with Gasteiger partial charge in [0.15, 0.2) is 0 Å². The second-order valence-corrected chi connectivity index (χ2v) is 10.3. The summed E-state index contributed by atoms with van der Waals surface area (Å²) in [6.07, 6.45) is 4.32. The predicted octanol–water partition coefficient (Wildman–Crippen LogP) is 4.68. The minimum absolute atomic E-state index is 0.0451. The SMILES string of the molecule is CC(Nc1ncc2ccc(=O)n(C(C)C3CC3)c2n1)c1ccc(CN2C[C@@H](C)O[C@@H](C)C2)c(F)c1. The molecule has 1 N–H and O–H groups in total. The second kappa shape index (κ2) is 9.66. The maximum Gasteiger partial charge on any atom is 0.252 e. The molecular formula is C27H34FN5O2. The van der Waals surface area contributed by atoms with Crippen molar-refractivity contribution in [1.82, 2.24) is 19.4 Å². The third kappa shape index (κ3) is 5.23. The van der Waals surface area contributed by atoms with E-state index >= 15 is 4.39 Å². The first-order chi connectivity index (χ1) is 16.8. The molecule has 0 spiro atoms. The van der Waals surface area contributed by atoms with Crippen LogP contribution in [0, 0.1) is 11.7 Å². The number of nitrogens with one attached hydrogen (secondary N) is 1. The molecule has 0 amide bonds. The number of anilines is 1. The van der Waals surface area contributed by atoms with E-state index in [1.807, 2.05) is 19.1 Å². The maximum atomic E-state index is 15.0. The molecular weight excluding hydrogens is 445 g/mol. The molecule has 5 rings (SSSR count). The van der Waals surface area contributed by atoms with Crippen LogP contribution in [0.25, 0.3) is 11.0 Å². The molecule has 1 saturated carbocycles. The summed E-state index contributed by atoms with van der Waals surface area (Å²) in [4.78, 5) is 24.0. The summed E-state index contributed by atoms with van der Waals surface area (Å²) in [5.74, 6) is 0.733. The Labute approximate surface area is 205 Å². The first kappa shape index (κ1) is 23.9. The van der Waals surface area contributed by atoms with Crippen molar-refractivity contribution in [3.8, 4) is 0 Å². The van der Waals surface area contributed by atoms with Crippen molar-refractivity contribution in [2.45, 2.75) is 71.4 Å². The summed E-state index contributed by atoms with van der Waals surface area (Å²) >= 11 is 0. The lowest BCUT2D eigenvalue weighted by atomic mass is 10.0. The first-order valence-electron chi connectivity index (χ1n) is 12.6. The predicted molar refractivity (Wildman–Crippen MR) is 135 cm³/mol. The number of aromatic nitrogens is 3. The molecule has 1 aromatic carbocycles. The third-order valence-corrected chi connectivity index (χ3v) is 7.19. The van der Waals surface area contributed by atoms with Crippen LogP contribution in [0.3, 0.4) is 0 Å². The molecule has 8 heteroatoms. The Hall–Kier alpha value is -2.84. The molecule has 186 valence electrons. The van der Waals surface area contributed by atoms with Gasteiger partial charge in [0.05, 0.1) is 18.2 Å². The van der Waals surface area contributed by atoms with E-state index in [-0.39, 0.29) is 35.7 Å². The molecule has 0 bridgehead atoms. The van der Waals surface area contributed by atoms with E-state index in [1.54, 1.807) is 29.0 Å². The van der Waals surface area contributed by atoms with E-state index < -0.39 is 0 Å². The van der Waals surface area contributed by atoms with Crippen LogP contribution in [-0.4, -0.2) is 44.7 Å². The summed E-state index contributed by atoms with van der Waals surface area (Å²) in [6, 6.07) is 8.66. The molecule has 1 aliphatic carbocycles. The normalized spacial score (nSPS) is 22.8. The van der Waals surface area contributed by atoms with Gasteiger partial charge in [-0.3, -0.25) is 14.3 Å². The van der Waals surface area contributed by atoms with E-state index in [2.05, 4.69) is 36.0 Å². The zero-order chi connectivity index (χ0) is 24.7. The molecule has 2 aliphatic rings. The Morgan fingerprint density at radius 2 is 1.89 bits per heavy atom. The number of fused-ring (bicyclic) bond motifs is 1. The van der Waals surface area contributed by atoms with Crippen molar-refractivity contribution in [3.05, 3.63) is 63.8 Å². The number of nitrogens with zero attached hydrogens (tertiary/aromatic N) is 4. The van der Waals surface area contributed by atoms with Gasteiger partial charge in [-0.15, -0.1) is 0 Å². The average Bonchev–Trinajstić information content (AvgIpc) is 3.65. The zero-order valence-corrected chi connectivity index (χ0v) is 20.9. The van der Waals surface area contributed by atoms with E-state index in [0.717, 1.165) is 36.9 Å². The molecule has 4 atom stereocenters. The monoisotopic (exact) mass is 479 g/mol. The van der Waals surface area contributed by atoms with Crippen molar-refractivity contribution in [1.29, 1.82) is 0 Å². The van der Waals surface area contributed by atoms with Crippen LogP contribution in [0.2, 0.25) is 0 Å². The second-order valence-electron chi connectivity index (χ2n) is 10.3. The van der Waals surface area contributed by atoms with Gasteiger partial charge in [-0.1, -0.05) is 12.1 Å². The number of benzene rings is 1. The third-order valence-electron chi connectivity index (χ3n) is 7.19. The minimum Gasteiger partial charge on any atom is -0.373 e. The molecule has 1 saturated heterocycles. The number of ether oxygens (including phenoxy) is 1. The van der Waals surface area contributed by atoms with E-state index in [0.29, 0.717) is 29.6 Å². The highest BCUT2D eigenvalue weighted by molar-refractivity contribution is 5.75. The van der Waals surface area contributed by atoms with Gasteiger partial charge in [0.2, 0.25) is 5.95 Å². The molecule has 3 heterocycles. The largest absolute Gasteiger partial charge is 0.373 e. The molecule has 35 heavy (non-hydrogen) atoms. The van der Waals surface area contributed by atoms with E-state index in [4.69, 9.17) is 9.72 Å². The molecule has 2 unspecified atom stereocenters. The van der Waals surface area contributed by atoms with Crippen LogP contribution in [0.1, 0.15) is 63.7 Å². The first-order valence-corrected chi connectivity index (χ1v) is 12.6. The topological polar surface area (TPSA) is 72.3 Å². The summed E-state index contributed by atoms with van der Waals surface area (Å²) in [5, 5.41) is 4.12. The van der Waals surface area contributed by atoms with Crippen LogP contribution >= 0.6 is 0 Å². The standard InChI is InChI=1S/C27H34FN5O2/c1-16-13-32(14-17(2)35-16)15-23-8-7-21(11-24(23)28)18(3)30-27-29-12-22-9-10-25(34)33(26(22)31-27)19(4)20-5-6-20/h7-12,16-20H,5-6,13-15H2,1-4H3,(H,29,30,31)/t16-,17+,18?,19?. The molecule has 0 radical (unpaired) electrons. The number of halogens is 1. The number of morpholine rings is 1. The zero-order valence-electron chi connectivity index (χ0n) is 20.9. The Kier molecular flexibility index (Phi) is 6.59. The highest BCUT2D eigenvalue weighted by Gasteiger charge is 2.31. The van der Waals surface area contributed by atoms with Crippen LogP contribution in [-0.2, 0) is 11.3 Å². The van der Waals surface area contributed by atoms with Gasteiger partial charge in [-0.25, -0.2) is 9.37 Å². The smallest absolute Gasteiger partial charge is 0.252 e. The fraction of sp³-hybridized carbons (Fsp3) is 0.519. The van der Waals surface area contributed by atoms with Gasteiger partial charge in [0, 0.05) is 48.9 Å². The quantitative estimate of drug-likeness (QED) is 0.530. The molecule has 2 aromatic heterocycles. The summed E-state index contributed by atoms with van der Waals surface area (Å²) < 4.78 is 22.6. The van der Waals surface area contributed by atoms with Gasteiger partial charge in [-0.2, -0.15) is 4.98 Å². The molecule has 7 nitrogen and oxygen atoms in total. The summed E-state index contributed by atoms with van der Waals surface area (Å²) in [5.41, 5.74) is 2.09. The number of rotatable bonds is 7. The summed E-state index contributed by atoms with van der Waals surface area (Å²) in [7, 11) is 0. The Balaban J connectivity index is 1.33. The van der Waals surface area contributed by atoms with E-state index in [1.165, 1.54) is 0 Å². The van der Waals surface area contributed by atoms with Crippen LogP contribution in [0.5, 0.6) is 0 Å². The lowest BCUT2D eigenvalue weighted by Crippen LogP contribution is -2.44. The van der Waals surface area contributed by atoms with Gasteiger partial charge in [0.1, 0.15) is 11.5 Å². The maximum absolute atomic E-state index is 15.0. The number of hydrogen-bond acceptors (Lipinski definition) is 6. The van der Waals surface area contributed by atoms with Crippen LogP contribution in [0.4, 0.5) is 10.3 Å². The Morgan fingerprint density at radius 1 is 1.14 bits per heavy atom. The summed E-state index contributed by atoms with van der Waals surface area (Å²) in [6.45, 7) is 10.3. The lowest BCUT2D eigenvalue weighted by molar-refractivity contribution is -0.0707. The molecule has 3 aromatic rings. The van der Waals surface area contributed by atoms with Crippen molar-refractivity contribution in [2.75, 3.05) is 18.4 Å². The van der Waals surface area contributed by atoms with Gasteiger partial charge in [0.25, 0.3) is 5.56 Å². The number of hydrogen-bond donors (Lipinski definition) is 1. The van der Waals surface area contributed by atoms with Gasteiger partial charge in [-0.05, 0) is 64.2 Å². The molecule has 2 fully saturated rings. The highest BCUT2D eigenvalue weighted by atomic mass is 19.1.